The van der Waals surface area contributed by atoms with E-state index in [1.807, 2.05) is 0 Å². The molecule has 2 aliphatic carbocycles. The molecule has 1 saturated heterocycles. The fourth-order valence-electron chi connectivity index (χ4n) is 4.39. The van der Waals surface area contributed by atoms with Gasteiger partial charge in [0.25, 0.3) is 0 Å². The van der Waals surface area contributed by atoms with Gasteiger partial charge in [-0.15, -0.1) is 0 Å². The second kappa shape index (κ2) is 3.96. The fourth-order valence-corrected chi connectivity index (χ4v) is 4.39. The van der Waals surface area contributed by atoms with Gasteiger partial charge in [-0.1, -0.05) is 40.5 Å². The Hall–Kier alpha value is -0.0800. The highest BCUT2D eigenvalue weighted by Gasteiger charge is 2.65. The van der Waals surface area contributed by atoms with Gasteiger partial charge in [-0.2, -0.15) is 0 Å². The zero-order chi connectivity index (χ0) is 13.0. The number of hydrogen-bond acceptors (Lipinski definition) is 2. The van der Waals surface area contributed by atoms with Crippen LogP contribution in [0.2, 0.25) is 0 Å². The van der Waals surface area contributed by atoms with Crippen molar-refractivity contribution in [2.75, 3.05) is 6.61 Å². The molecule has 0 aromatic heterocycles. The van der Waals surface area contributed by atoms with Crippen molar-refractivity contribution in [3.8, 4) is 0 Å². The molecule has 1 spiro atoms. The normalized spacial score (nSPS) is 37.0. The minimum absolute atomic E-state index is 0.249. The predicted molar refractivity (Wildman–Crippen MR) is 74.7 cm³/mol. The third-order valence-electron chi connectivity index (χ3n) is 6.43. The first-order valence-corrected chi connectivity index (χ1v) is 7.77. The molecule has 2 nitrogen and oxygen atoms in total. The summed E-state index contributed by atoms with van der Waals surface area (Å²) < 4.78 is 6.12. The van der Waals surface area contributed by atoms with Gasteiger partial charge >= 0.3 is 0 Å². The van der Waals surface area contributed by atoms with E-state index >= 15 is 0 Å². The van der Waals surface area contributed by atoms with Crippen LogP contribution in [0, 0.1) is 10.8 Å². The molecule has 1 unspecified atom stereocenters. The van der Waals surface area contributed by atoms with Crippen LogP contribution in [0.4, 0.5) is 0 Å². The predicted octanol–water partition coefficient (Wildman–Crippen LogP) is 3.50. The maximum Gasteiger partial charge on any atom is 0.0697 e. The van der Waals surface area contributed by atoms with Gasteiger partial charge in [-0.25, -0.2) is 0 Å². The smallest absolute Gasteiger partial charge is 0.0697 e. The van der Waals surface area contributed by atoms with Gasteiger partial charge in [-0.3, -0.25) is 0 Å². The number of rotatable bonds is 2. The topological polar surface area (TPSA) is 21.3 Å². The molecule has 2 heteroatoms. The van der Waals surface area contributed by atoms with Crippen molar-refractivity contribution in [1.29, 1.82) is 0 Å². The van der Waals surface area contributed by atoms with Crippen molar-refractivity contribution in [2.24, 2.45) is 10.8 Å². The zero-order valence-electron chi connectivity index (χ0n) is 12.5. The molecule has 3 rings (SSSR count). The minimum Gasteiger partial charge on any atom is -0.375 e. The lowest BCUT2D eigenvalue weighted by Gasteiger charge is -2.39. The van der Waals surface area contributed by atoms with E-state index in [-0.39, 0.29) is 5.60 Å². The summed E-state index contributed by atoms with van der Waals surface area (Å²) in [6.45, 7) is 10.6. The molecule has 3 aliphatic rings. The van der Waals surface area contributed by atoms with Gasteiger partial charge in [0.1, 0.15) is 0 Å². The maximum absolute atomic E-state index is 6.12. The average molecular weight is 251 g/mol. The number of hydrogen-bond donors (Lipinski definition) is 1. The first-order valence-electron chi connectivity index (χ1n) is 7.77. The van der Waals surface area contributed by atoms with Gasteiger partial charge in [0.15, 0.2) is 0 Å². The van der Waals surface area contributed by atoms with Gasteiger partial charge in [0.2, 0.25) is 0 Å². The monoisotopic (exact) mass is 251 g/mol. The van der Waals surface area contributed by atoms with Crippen molar-refractivity contribution in [2.45, 2.75) is 83.9 Å². The summed E-state index contributed by atoms with van der Waals surface area (Å²) in [5.41, 5.74) is 1.15. The van der Waals surface area contributed by atoms with Crippen LogP contribution in [0.3, 0.4) is 0 Å². The molecule has 0 amide bonds. The van der Waals surface area contributed by atoms with E-state index in [0.717, 1.165) is 6.61 Å². The Bertz CT molecular complexity index is 314. The highest BCUT2D eigenvalue weighted by Crippen LogP contribution is 2.63. The van der Waals surface area contributed by atoms with Crippen LogP contribution in [0.1, 0.15) is 66.2 Å². The Morgan fingerprint density at radius 2 is 1.61 bits per heavy atom. The van der Waals surface area contributed by atoms with E-state index in [9.17, 15) is 0 Å². The summed E-state index contributed by atoms with van der Waals surface area (Å²) in [6, 6.07) is 1.37. The molecule has 3 fully saturated rings. The number of nitrogens with one attached hydrogen (secondary N) is 1. The molecule has 0 bridgehead atoms. The Morgan fingerprint density at radius 3 is 2.17 bits per heavy atom. The molecule has 0 aromatic carbocycles. The van der Waals surface area contributed by atoms with E-state index in [4.69, 9.17) is 4.74 Å². The molecule has 0 radical (unpaired) electrons. The SMILES string of the molecule is CC1(C)C(NC2CCOC3(CCCC3)C2)C1(C)C. The van der Waals surface area contributed by atoms with E-state index in [1.54, 1.807) is 0 Å². The second-order valence-electron chi connectivity index (χ2n) is 7.97. The Kier molecular flexibility index (Phi) is 2.84. The molecule has 18 heavy (non-hydrogen) atoms. The standard InChI is InChI=1S/C16H29NO/c1-14(2)13(15(14,3)4)17-12-7-10-18-16(11-12)8-5-6-9-16/h12-13,17H,5-11H2,1-4H3. The van der Waals surface area contributed by atoms with Crippen molar-refractivity contribution in [3.63, 3.8) is 0 Å². The van der Waals surface area contributed by atoms with Gasteiger partial charge in [-0.05, 0) is 36.5 Å². The van der Waals surface area contributed by atoms with Crippen LogP contribution in [-0.2, 0) is 4.74 Å². The van der Waals surface area contributed by atoms with Crippen LogP contribution in [0.15, 0.2) is 0 Å². The highest BCUT2D eigenvalue weighted by molar-refractivity contribution is 5.18. The summed E-state index contributed by atoms with van der Waals surface area (Å²) in [5, 5.41) is 3.94. The summed E-state index contributed by atoms with van der Waals surface area (Å²) >= 11 is 0. The molecule has 1 aliphatic heterocycles. The van der Waals surface area contributed by atoms with Crippen LogP contribution in [0.5, 0.6) is 0 Å². The van der Waals surface area contributed by atoms with E-state index in [0.29, 0.717) is 22.9 Å². The van der Waals surface area contributed by atoms with Crippen LogP contribution in [0.25, 0.3) is 0 Å². The number of ether oxygens (including phenoxy) is 1. The van der Waals surface area contributed by atoms with Crippen LogP contribution < -0.4 is 5.32 Å². The first kappa shape index (κ1) is 12.9. The van der Waals surface area contributed by atoms with Gasteiger partial charge in [0, 0.05) is 18.7 Å². The lowest BCUT2D eigenvalue weighted by Crippen LogP contribution is -2.47. The first-order chi connectivity index (χ1) is 8.37. The Labute approximate surface area is 112 Å². The molecule has 2 saturated carbocycles. The lowest BCUT2D eigenvalue weighted by atomic mass is 9.88. The lowest BCUT2D eigenvalue weighted by molar-refractivity contribution is -0.0842. The average Bonchev–Trinajstić information content (AvgIpc) is 2.69. The third-order valence-corrected chi connectivity index (χ3v) is 6.43. The summed E-state index contributed by atoms with van der Waals surface area (Å²) in [7, 11) is 0. The Balaban J connectivity index is 1.61. The van der Waals surface area contributed by atoms with Gasteiger partial charge in [0.05, 0.1) is 5.60 Å². The van der Waals surface area contributed by atoms with Crippen molar-refractivity contribution >= 4 is 0 Å². The largest absolute Gasteiger partial charge is 0.375 e. The summed E-state index contributed by atoms with van der Waals surface area (Å²) in [4.78, 5) is 0. The Morgan fingerprint density at radius 1 is 1.00 bits per heavy atom. The minimum atomic E-state index is 0.249. The van der Waals surface area contributed by atoms with E-state index in [1.165, 1.54) is 38.5 Å². The van der Waals surface area contributed by atoms with Crippen LogP contribution in [-0.4, -0.2) is 24.3 Å². The third kappa shape index (κ3) is 1.84. The summed E-state index contributed by atoms with van der Waals surface area (Å²) in [5.74, 6) is 0. The van der Waals surface area contributed by atoms with E-state index in [2.05, 4.69) is 33.0 Å². The van der Waals surface area contributed by atoms with Gasteiger partial charge < -0.3 is 10.1 Å². The van der Waals surface area contributed by atoms with E-state index < -0.39 is 0 Å². The second-order valence-corrected chi connectivity index (χ2v) is 7.97. The molecular weight excluding hydrogens is 222 g/mol. The molecule has 1 heterocycles. The zero-order valence-corrected chi connectivity index (χ0v) is 12.5. The molecule has 1 atom stereocenters. The molecule has 1 N–H and O–H groups in total. The van der Waals surface area contributed by atoms with Crippen molar-refractivity contribution in [3.05, 3.63) is 0 Å². The quantitative estimate of drug-likeness (QED) is 0.811. The molecule has 104 valence electrons. The maximum atomic E-state index is 6.12. The molecule has 0 aromatic rings. The van der Waals surface area contributed by atoms with Crippen molar-refractivity contribution in [1.82, 2.24) is 5.32 Å². The van der Waals surface area contributed by atoms with Crippen molar-refractivity contribution < 1.29 is 4.74 Å². The fraction of sp³-hybridized carbons (Fsp3) is 1.00. The highest BCUT2D eigenvalue weighted by atomic mass is 16.5. The summed E-state index contributed by atoms with van der Waals surface area (Å²) in [6.07, 6.45) is 7.77. The van der Waals surface area contributed by atoms with Crippen LogP contribution >= 0.6 is 0 Å². The molecular formula is C16H29NO.